The maximum Gasteiger partial charge on any atom is 0.262 e. The lowest BCUT2D eigenvalue weighted by molar-refractivity contribution is -0.118. The minimum atomic E-state index is -0.559. The Morgan fingerprint density at radius 2 is 2.07 bits per heavy atom. The van der Waals surface area contributed by atoms with Crippen LogP contribution >= 0.6 is 0 Å². The van der Waals surface area contributed by atoms with Crippen molar-refractivity contribution in [3.8, 4) is 11.5 Å². The molecule has 0 saturated heterocycles. The zero-order valence-corrected chi connectivity index (χ0v) is 15.7. The van der Waals surface area contributed by atoms with Gasteiger partial charge in [-0.05, 0) is 18.2 Å². The Kier molecular flexibility index (Phi) is 4.46. The highest BCUT2D eigenvalue weighted by atomic mass is 19.1. The summed E-state index contributed by atoms with van der Waals surface area (Å²) in [6.45, 7) is 0.309. The first-order chi connectivity index (χ1) is 14.6. The molecule has 1 amide bonds. The number of H-pyrrole nitrogens is 1. The normalized spacial score (nSPS) is 17.5. The highest BCUT2D eigenvalue weighted by molar-refractivity contribution is 5.95. The van der Waals surface area contributed by atoms with Gasteiger partial charge in [0, 0.05) is 24.6 Å². The van der Waals surface area contributed by atoms with E-state index < -0.39 is 17.5 Å². The van der Waals surface area contributed by atoms with Gasteiger partial charge in [-0.15, -0.1) is 0 Å². The van der Waals surface area contributed by atoms with Crippen molar-refractivity contribution in [3.05, 3.63) is 59.4 Å². The Bertz CT molecular complexity index is 1110. The van der Waals surface area contributed by atoms with Crippen molar-refractivity contribution in [2.75, 3.05) is 23.4 Å². The molecule has 0 radical (unpaired) electrons. The van der Waals surface area contributed by atoms with Gasteiger partial charge in [0.25, 0.3) is 5.91 Å². The minimum Gasteiger partial charge on any atom is -0.489 e. The third-order valence-corrected chi connectivity index (χ3v) is 5.16. The molecule has 2 aliphatic heterocycles. The van der Waals surface area contributed by atoms with Crippen LogP contribution < -0.4 is 19.7 Å². The number of fused-ring (bicyclic) bond motifs is 2. The molecule has 5 rings (SSSR count). The van der Waals surface area contributed by atoms with Crippen LogP contribution in [-0.2, 0) is 17.8 Å². The number of carbonyl (C=O) groups excluding carboxylic acids is 1. The number of halogens is 2. The molecule has 154 valence electrons. The molecule has 0 unspecified atom stereocenters. The molecule has 1 aromatic heterocycles. The Balaban J connectivity index is 1.51. The number of ether oxygens (including phenoxy) is 2. The van der Waals surface area contributed by atoms with Crippen molar-refractivity contribution in [2.45, 2.75) is 19.0 Å². The first kappa shape index (κ1) is 18.3. The van der Waals surface area contributed by atoms with E-state index in [-0.39, 0.29) is 31.5 Å². The monoisotopic (exact) mass is 413 g/mol. The topological polar surface area (TPSA) is 92.4 Å². The van der Waals surface area contributed by atoms with Crippen LogP contribution in [-0.4, -0.2) is 40.6 Å². The molecule has 3 heterocycles. The van der Waals surface area contributed by atoms with Crippen molar-refractivity contribution < 1.29 is 23.0 Å². The fourth-order valence-electron chi connectivity index (χ4n) is 3.72. The van der Waals surface area contributed by atoms with Crippen molar-refractivity contribution >= 4 is 17.3 Å². The first-order valence-electron chi connectivity index (χ1n) is 9.36. The molecular weight excluding hydrogens is 396 g/mol. The fourth-order valence-corrected chi connectivity index (χ4v) is 3.72. The van der Waals surface area contributed by atoms with Gasteiger partial charge in [-0.25, -0.2) is 8.78 Å². The molecule has 1 atom stereocenters. The van der Waals surface area contributed by atoms with E-state index in [1.807, 2.05) is 4.90 Å². The van der Waals surface area contributed by atoms with Gasteiger partial charge in [0.2, 0.25) is 0 Å². The van der Waals surface area contributed by atoms with Crippen LogP contribution in [0.5, 0.6) is 11.5 Å². The number of aromatic nitrogens is 3. The number of amides is 1. The fraction of sp³-hybridized carbons (Fsp3) is 0.250. The predicted molar refractivity (Wildman–Crippen MR) is 102 cm³/mol. The molecular formula is C20H17F2N5O3. The maximum atomic E-state index is 15.2. The molecule has 3 aromatic rings. The number of aromatic amines is 1. The molecule has 0 aliphatic carbocycles. The zero-order valence-electron chi connectivity index (χ0n) is 15.7. The zero-order chi connectivity index (χ0) is 20.7. The second kappa shape index (κ2) is 7.29. The molecule has 0 saturated carbocycles. The van der Waals surface area contributed by atoms with E-state index in [9.17, 15) is 9.18 Å². The number of benzene rings is 2. The summed E-state index contributed by atoms with van der Waals surface area (Å²) >= 11 is 0. The summed E-state index contributed by atoms with van der Waals surface area (Å²) in [5.41, 5.74) is 1.77. The van der Waals surface area contributed by atoms with Gasteiger partial charge in [-0.1, -0.05) is 6.07 Å². The molecule has 0 fully saturated rings. The van der Waals surface area contributed by atoms with Crippen LogP contribution in [0.25, 0.3) is 0 Å². The van der Waals surface area contributed by atoms with E-state index in [0.29, 0.717) is 29.2 Å². The number of nitrogens with one attached hydrogen (secondary N) is 2. The molecule has 10 heteroatoms. The molecule has 2 aromatic carbocycles. The van der Waals surface area contributed by atoms with Gasteiger partial charge in [-0.3, -0.25) is 4.79 Å². The van der Waals surface area contributed by atoms with E-state index in [0.717, 1.165) is 5.69 Å². The summed E-state index contributed by atoms with van der Waals surface area (Å²) < 4.78 is 39.9. The highest BCUT2D eigenvalue weighted by Gasteiger charge is 2.31. The molecule has 0 bridgehead atoms. The quantitative estimate of drug-likeness (QED) is 0.683. The van der Waals surface area contributed by atoms with Crippen molar-refractivity contribution in [1.82, 2.24) is 15.4 Å². The predicted octanol–water partition coefficient (Wildman–Crippen LogP) is 2.42. The molecule has 30 heavy (non-hydrogen) atoms. The van der Waals surface area contributed by atoms with Gasteiger partial charge >= 0.3 is 0 Å². The van der Waals surface area contributed by atoms with Crippen LogP contribution in [0.15, 0.2) is 36.5 Å². The number of hydrogen-bond donors (Lipinski definition) is 2. The smallest absolute Gasteiger partial charge is 0.262 e. The number of rotatable bonds is 4. The second-order valence-electron chi connectivity index (χ2n) is 7.12. The van der Waals surface area contributed by atoms with Crippen LogP contribution in [0.1, 0.15) is 11.3 Å². The average Bonchev–Trinajstić information content (AvgIpc) is 3.25. The number of nitrogens with zero attached hydrogens (tertiary/aromatic N) is 3. The van der Waals surface area contributed by atoms with E-state index in [1.165, 1.54) is 12.1 Å². The lowest BCUT2D eigenvalue weighted by atomic mass is 10.0. The molecule has 2 aliphatic rings. The Morgan fingerprint density at radius 1 is 1.17 bits per heavy atom. The second-order valence-corrected chi connectivity index (χ2v) is 7.12. The summed E-state index contributed by atoms with van der Waals surface area (Å²) in [6.07, 6.45) is 2.12. The average molecular weight is 413 g/mol. The highest BCUT2D eigenvalue weighted by Crippen LogP contribution is 2.38. The van der Waals surface area contributed by atoms with Crippen LogP contribution in [0.2, 0.25) is 0 Å². The van der Waals surface area contributed by atoms with Gasteiger partial charge in [0.05, 0.1) is 23.6 Å². The van der Waals surface area contributed by atoms with Crippen molar-refractivity contribution in [2.24, 2.45) is 0 Å². The van der Waals surface area contributed by atoms with E-state index >= 15 is 4.39 Å². The summed E-state index contributed by atoms with van der Waals surface area (Å²) in [6, 6.07) is 7.33. The molecule has 0 spiro atoms. The summed E-state index contributed by atoms with van der Waals surface area (Å²) in [5.74, 6) is -0.699. The van der Waals surface area contributed by atoms with Gasteiger partial charge in [0.15, 0.2) is 12.4 Å². The molecule has 8 nitrogen and oxygen atoms in total. The van der Waals surface area contributed by atoms with E-state index in [4.69, 9.17) is 9.47 Å². The van der Waals surface area contributed by atoms with Crippen LogP contribution in [0.3, 0.4) is 0 Å². The lowest BCUT2D eigenvalue weighted by Crippen LogP contribution is -2.44. The summed E-state index contributed by atoms with van der Waals surface area (Å²) in [5, 5.41) is 13.0. The maximum absolute atomic E-state index is 15.2. The SMILES string of the molecule is O=C1COc2ccc(CN3c4ccc(F)cc4OC[C@@H]3Cc3cn[nH]n3)c(F)c2N1. The van der Waals surface area contributed by atoms with Crippen LogP contribution in [0, 0.1) is 11.6 Å². The van der Waals surface area contributed by atoms with E-state index in [2.05, 4.69) is 20.7 Å². The lowest BCUT2D eigenvalue weighted by Gasteiger charge is -2.38. The standard InChI is InChI=1S/C20H17F2N5O3/c21-12-2-3-15-17(5-12)29-9-14(6-13-7-23-26-25-13)27(15)8-11-1-4-16-20(19(11)22)24-18(28)10-30-16/h1-5,7,14H,6,8-10H2,(H,24,28)(H,23,25,26)/t14-/m0/s1. The largest absolute Gasteiger partial charge is 0.489 e. The van der Waals surface area contributed by atoms with Crippen molar-refractivity contribution in [1.29, 1.82) is 0 Å². The van der Waals surface area contributed by atoms with Gasteiger partial charge < -0.3 is 19.7 Å². The first-order valence-corrected chi connectivity index (χ1v) is 9.36. The van der Waals surface area contributed by atoms with Gasteiger partial charge in [0.1, 0.15) is 29.6 Å². The third-order valence-electron chi connectivity index (χ3n) is 5.16. The minimum absolute atomic E-state index is 0.0318. The van der Waals surface area contributed by atoms with Crippen molar-refractivity contribution in [3.63, 3.8) is 0 Å². The number of anilines is 2. The molecule has 2 N–H and O–H groups in total. The van der Waals surface area contributed by atoms with E-state index in [1.54, 1.807) is 24.4 Å². The third kappa shape index (κ3) is 3.30. The summed E-state index contributed by atoms with van der Waals surface area (Å²) in [4.78, 5) is 13.6. The Hall–Kier alpha value is -3.69. The van der Waals surface area contributed by atoms with Gasteiger partial charge in [-0.2, -0.15) is 15.4 Å². The summed E-state index contributed by atoms with van der Waals surface area (Å²) in [7, 11) is 0. The number of carbonyl (C=O) groups is 1. The Labute approximate surface area is 169 Å². The number of hydrogen-bond acceptors (Lipinski definition) is 6. The van der Waals surface area contributed by atoms with Crippen LogP contribution in [0.4, 0.5) is 20.2 Å². The Morgan fingerprint density at radius 3 is 2.90 bits per heavy atom.